The van der Waals surface area contributed by atoms with Gasteiger partial charge in [0, 0.05) is 17.8 Å². The second kappa shape index (κ2) is 9.54. The zero-order valence-electron chi connectivity index (χ0n) is 18.7. The minimum atomic E-state index is -3.63. The maximum Gasteiger partial charge on any atom is 0.255 e. The van der Waals surface area contributed by atoms with Crippen LogP contribution in [0.4, 0.5) is 5.69 Å². The molecule has 32 heavy (non-hydrogen) atoms. The fourth-order valence-electron chi connectivity index (χ4n) is 3.05. The number of amides is 1. The Morgan fingerprint density at radius 1 is 0.875 bits per heavy atom. The molecule has 0 saturated carbocycles. The Balaban J connectivity index is 1.60. The predicted molar refractivity (Wildman–Crippen MR) is 127 cm³/mol. The van der Waals surface area contributed by atoms with Crippen LogP contribution in [-0.2, 0) is 22.0 Å². The van der Waals surface area contributed by atoms with Crippen molar-refractivity contribution < 1.29 is 17.9 Å². The van der Waals surface area contributed by atoms with E-state index in [4.69, 9.17) is 4.74 Å². The van der Waals surface area contributed by atoms with Crippen molar-refractivity contribution in [1.82, 2.24) is 4.72 Å². The van der Waals surface area contributed by atoms with E-state index in [-0.39, 0.29) is 22.8 Å². The number of methoxy groups -OCH3 is 1. The van der Waals surface area contributed by atoms with Crippen molar-refractivity contribution in [3.63, 3.8) is 0 Å². The van der Waals surface area contributed by atoms with Gasteiger partial charge in [-0.25, -0.2) is 13.1 Å². The third-order valence-corrected chi connectivity index (χ3v) is 6.48. The van der Waals surface area contributed by atoms with Crippen molar-refractivity contribution in [2.45, 2.75) is 37.6 Å². The molecule has 6 nitrogen and oxygen atoms in total. The molecule has 0 atom stereocenters. The molecule has 0 fully saturated rings. The second-order valence-electron chi connectivity index (χ2n) is 8.48. The van der Waals surface area contributed by atoms with Gasteiger partial charge >= 0.3 is 0 Å². The molecule has 0 spiro atoms. The van der Waals surface area contributed by atoms with E-state index in [1.807, 2.05) is 12.1 Å². The molecule has 0 saturated heterocycles. The van der Waals surface area contributed by atoms with E-state index in [1.165, 1.54) is 0 Å². The van der Waals surface area contributed by atoms with Gasteiger partial charge in [0.1, 0.15) is 5.75 Å². The summed E-state index contributed by atoms with van der Waals surface area (Å²) >= 11 is 0. The molecule has 0 aliphatic heterocycles. The smallest absolute Gasteiger partial charge is 0.255 e. The average molecular weight is 453 g/mol. The summed E-state index contributed by atoms with van der Waals surface area (Å²) in [6.45, 7) is 6.37. The molecule has 3 rings (SSSR count). The lowest BCUT2D eigenvalue weighted by atomic mass is 9.87. The molecule has 0 aliphatic rings. The van der Waals surface area contributed by atoms with E-state index in [9.17, 15) is 13.2 Å². The standard InChI is InChI=1S/C25H28N2O4S/c1-25(2,3)20-9-15-23(16-10-20)32(29,30)26-17-18-5-7-19(8-6-18)24(28)27-21-11-13-22(31-4)14-12-21/h5-16,26H,17H2,1-4H3,(H,27,28). The first kappa shape index (κ1) is 23.5. The highest BCUT2D eigenvalue weighted by atomic mass is 32.2. The van der Waals surface area contributed by atoms with E-state index in [0.717, 1.165) is 11.1 Å². The van der Waals surface area contributed by atoms with E-state index in [0.29, 0.717) is 17.0 Å². The summed E-state index contributed by atoms with van der Waals surface area (Å²) in [5.41, 5.74) is 2.91. The highest BCUT2D eigenvalue weighted by molar-refractivity contribution is 7.89. The monoisotopic (exact) mass is 452 g/mol. The SMILES string of the molecule is COc1ccc(NC(=O)c2ccc(CNS(=O)(=O)c3ccc(C(C)(C)C)cc3)cc2)cc1. The third-order valence-electron chi connectivity index (χ3n) is 5.06. The van der Waals surface area contributed by atoms with Gasteiger partial charge < -0.3 is 10.1 Å². The zero-order valence-corrected chi connectivity index (χ0v) is 19.5. The highest BCUT2D eigenvalue weighted by Gasteiger charge is 2.17. The molecule has 7 heteroatoms. The van der Waals surface area contributed by atoms with Gasteiger partial charge in [0.05, 0.1) is 12.0 Å². The Bertz CT molecular complexity index is 1160. The Morgan fingerprint density at radius 3 is 2.00 bits per heavy atom. The van der Waals surface area contributed by atoms with Crippen LogP contribution in [0.2, 0.25) is 0 Å². The van der Waals surface area contributed by atoms with E-state index >= 15 is 0 Å². The van der Waals surface area contributed by atoms with Gasteiger partial charge in [-0.3, -0.25) is 4.79 Å². The summed E-state index contributed by atoms with van der Waals surface area (Å²) in [7, 11) is -2.05. The first-order chi connectivity index (χ1) is 15.1. The number of hydrogen-bond donors (Lipinski definition) is 2. The molecule has 0 aromatic heterocycles. The number of nitrogens with one attached hydrogen (secondary N) is 2. The fourth-order valence-corrected chi connectivity index (χ4v) is 4.07. The molecule has 0 heterocycles. The van der Waals surface area contributed by atoms with Gasteiger partial charge in [-0.1, -0.05) is 45.0 Å². The van der Waals surface area contributed by atoms with Gasteiger partial charge in [-0.15, -0.1) is 0 Å². The number of carbonyl (C=O) groups is 1. The number of carbonyl (C=O) groups excluding carboxylic acids is 1. The number of hydrogen-bond acceptors (Lipinski definition) is 4. The van der Waals surface area contributed by atoms with Gasteiger partial charge in [0.25, 0.3) is 5.91 Å². The van der Waals surface area contributed by atoms with Crippen molar-refractivity contribution in [1.29, 1.82) is 0 Å². The second-order valence-corrected chi connectivity index (χ2v) is 10.2. The molecule has 1 amide bonds. The summed E-state index contributed by atoms with van der Waals surface area (Å²) in [4.78, 5) is 12.6. The summed E-state index contributed by atoms with van der Waals surface area (Å²) in [5, 5.41) is 2.82. The van der Waals surface area contributed by atoms with Crippen molar-refractivity contribution in [2.24, 2.45) is 0 Å². The first-order valence-corrected chi connectivity index (χ1v) is 11.7. The van der Waals surface area contributed by atoms with Crippen molar-refractivity contribution >= 4 is 21.6 Å². The Morgan fingerprint density at radius 2 is 1.47 bits per heavy atom. The predicted octanol–water partition coefficient (Wildman–Crippen LogP) is 4.72. The van der Waals surface area contributed by atoms with E-state index in [2.05, 4.69) is 30.8 Å². The van der Waals surface area contributed by atoms with Gasteiger partial charge in [-0.05, 0) is 65.1 Å². The van der Waals surface area contributed by atoms with Crippen LogP contribution in [-0.4, -0.2) is 21.4 Å². The van der Waals surface area contributed by atoms with Crippen LogP contribution < -0.4 is 14.8 Å². The van der Waals surface area contributed by atoms with Gasteiger partial charge in [0.15, 0.2) is 0 Å². The molecule has 0 radical (unpaired) electrons. The van der Waals surface area contributed by atoms with Crippen molar-refractivity contribution in [3.8, 4) is 5.75 Å². The van der Waals surface area contributed by atoms with Crippen LogP contribution in [0.25, 0.3) is 0 Å². The lowest BCUT2D eigenvalue weighted by Crippen LogP contribution is -2.23. The molecule has 0 aliphatic carbocycles. The molecular weight excluding hydrogens is 424 g/mol. The average Bonchev–Trinajstić information content (AvgIpc) is 2.78. The van der Waals surface area contributed by atoms with Gasteiger partial charge in [-0.2, -0.15) is 0 Å². The minimum absolute atomic E-state index is 0.0445. The molecule has 0 bridgehead atoms. The molecular formula is C25H28N2O4S. The maximum atomic E-state index is 12.6. The number of ether oxygens (including phenoxy) is 1. The van der Waals surface area contributed by atoms with Crippen molar-refractivity contribution in [3.05, 3.63) is 89.5 Å². The van der Waals surface area contributed by atoms with E-state index in [1.54, 1.807) is 67.8 Å². The number of benzene rings is 3. The van der Waals surface area contributed by atoms with E-state index < -0.39 is 10.0 Å². The van der Waals surface area contributed by atoms with Crippen LogP contribution in [0.3, 0.4) is 0 Å². The Kier molecular flexibility index (Phi) is 7.01. The normalized spacial score (nSPS) is 11.8. The zero-order chi connectivity index (χ0) is 23.4. The van der Waals surface area contributed by atoms with Crippen LogP contribution in [0, 0.1) is 0 Å². The van der Waals surface area contributed by atoms with Crippen LogP contribution in [0.1, 0.15) is 42.3 Å². The van der Waals surface area contributed by atoms with Crippen LogP contribution in [0.15, 0.2) is 77.7 Å². The van der Waals surface area contributed by atoms with Gasteiger partial charge in [0.2, 0.25) is 10.0 Å². The maximum absolute atomic E-state index is 12.6. The molecule has 3 aromatic carbocycles. The first-order valence-electron chi connectivity index (χ1n) is 10.2. The largest absolute Gasteiger partial charge is 0.497 e. The number of anilines is 1. The number of rotatable bonds is 7. The summed E-state index contributed by atoms with van der Waals surface area (Å²) in [6, 6.07) is 20.8. The number of sulfonamides is 1. The van der Waals surface area contributed by atoms with Crippen LogP contribution >= 0.6 is 0 Å². The fraction of sp³-hybridized carbons (Fsp3) is 0.240. The molecule has 2 N–H and O–H groups in total. The Hall–Kier alpha value is -3.16. The Labute approximate surface area is 189 Å². The summed E-state index contributed by atoms with van der Waals surface area (Å²) in [6.07, 6.45) is 0. The minimum Gasteiger partial charge on any atom is -0.497 e. The lowest BCUT2D eigenvalue weighted by molar-refractivity contribution is 0.102. The van der Waals surface area contributed by atoms with Crippen LogP contribution in [0.5, 0.6) is 5.75 Å². The molecule has 3 aromatic rings. The quantitative estimate of drug-likeness (QED) is 0.543. The lowest BCUT2D eigenvalue weighted by Gasteiger charge is -2.19. The van der Waals surface area contributed by atoms with Crippen molar-refractivity contribution in [2.75, 3.05) is 12.4 Å². The third kappa shape index (κ3) is 5.96. The topological polar surface area (TPSA) is 84.5 Å². The highest BCUT2D eigenvalue weighted by Crippen LogP contribution is 2.23. The molecule has 0 unspecified atom stereocenters. The molecule has 168 valence electrons. The summed E-state index contributed by atoms with van der Waals surface area (Å²) < 4.78 is 32.9. The summed E-state index contributed by atoms with van der Waals surface area (Å²) in [5.74, 6) is 0.459.